The first kappa shape index (κ1) is 19.5. The van der Waals surface area contributed by atoms with Crippen molar-refractivity contribution in [1.82, 2.24) is 0 Å². The minimum absolute atomic E-state index is 0.155. The molecule has 1 saturated carbocycles. The number of thioether (sulfide) groups is 1. The van der Waals surface area contributed by atoms with Crippen molar-refractivity contribution in [3.8, 4) is 0 Å². The van der Waals surface area contributed by atoms with E-state index in [0.717, 1.165) is 19.1 Å². The Labute approximate surface area is 151 Å². The maximum atomic E-state index is 10.5. The van der Waals surface area contributed by atoms with Crippen LogP contribution >= 0.6 is 11.8 Å². The zero-order chi connectivity index (χ0) is 18.0. The fraction of sp³-hybridized carbons (Fsp3) is 0.667. The standard InChI is InChI=1S/C21H32O2S/c1-20(2,3)15-11-16(21(4,5)6)13-19(12-15)24-18-8-7-17(14-18)23-10-9-22/h9,11-13,17-18H,7-8,10,14H2,1-6H3. The van der Waals surface area contributed by atoms with Gasteiger partial charge in [-0.25, -0.2) is 0 Å². The van der Waals surface area contributed by atoms with Crippen LogP contribution in [-0.4, -0.2) is 24.2 Å². The Kier molecular flexibility index (Phi) is 6.19. The Morgan fingerprint density at radius 2 is 1.62 bits per heavy atom. The second-order valence-corrected chi connectivity index (χ2v) is 10.3. The summed E-state index contributed by atoms with van der Waals surface area (Å²) in [4.78, 5) is 11.8. The Bertz CT molecular complexity index is 534. The first-order chi connectivity index (χ1) is 11.1. The molecule has 1 aromatic carbocycles. The molecule has 0 spiro atoms. The summed E-state index contributed by atoms with van der Waals surface area (Å²) in [5, 5.41) is 0.588. The minimum atomic E-state index is 0.155. The molecule has 0 aliphatic heterocycles. The van der Waals surface area contributed by atoms with Crippen molar-refractivity contribution in [1.29, 1.82) is 0 Å². The highest BCUT2D eigenvalue weighted by molar-refractivity contribution is 8.00. The van der Waals surface area contributed by atoms with Gasteiger partial charge in [-0.05, 0) is 53.4 Å². The number of aldehydes is 1. The Morgan fingerprint density at radius 1 is 1.04 bits per heavy atom. The summed E-state index contributed by atoms with van der Waals surface area (Å²) >= 11 is 1.98. The van der Waals surface area contributed by atoms with E-state index in [4.69, 9.17) is 4.74 Å². The maximum absolute atomic E-state index is 10.5. The molecular formula is C21H32O2S. The largest absolute Gasteiger partial charge is 0.371 e. The smallest absolute Gasteiger partial charge is 0.145 e. The van der Waals surface area contributed by atoms with Crippen LogP contribution in [0.5, 0.6) is 0 Å². The quantitative estimate of drug-likeness (QED) is 0.656. The average Bonchev–Trinajstić information content (AvgIpc) is 2.90. The fourth-order valence-corrected chi connectivity index (χ4v) is 4.40. The zero-order valence-corrected chi connectivity index (χ0v) is 16.8. The molecule has 0 amide bonds. The summed E-state index contributed by atoms with van der Waals surface area (Å²) in [5.41, 5.74) is 3.12. The monoisotopic (exact) mass is 348 g/mol. The third kappa shape index (κ3) is 5.35. The number of benzene rings is 1. The lowest BCUT2D eigenvalue weighted by atomic mass is 9.81. The van der Waals surface area contributed by atoms with Gasteiger partial charge >= 0.3 is 0 Å². The van der Waals surface area contributed by atoms with Gasteiger partial charge in [0.15, 0.2) is 0 Å². The van der Waals surface area contributed by atoms with Crippen LogP contribution in [0.2, 0.25) is 0 Å². The Morgan fingerprint density at radius 3 is 2.12 bits per heavy atom. The topological polar surface area (TPSA) is 26.3 Å². The number of hydrogen-bond acceptors (Lipinski definition) is 3. The predicted octanol–water partition coefficient (Wildman–Crippen LogP) is 5.51. The van der Waals surface area contributed by atoms with Crippen LogP contribution in [0.4, 0.5) is 0 Å². The van der Waals surface area contributed by atoms with E-state index in [1.54, 1.807) is 0 Å². The highest BCUT2D eigenvalue weighted by Gasteiger charge is 2.27. The van der Waals surface area contributed by atoms with E-state index in [0.29, 0.717) is 5.25 Å². The first-order valence-corrected chi connectivity index (χ1v) is 9.85. The SMILES string of the molecule is CC(C)(C)c1cc(SC2CCC(OCC=O)C2)cc(C(C)(C)C)c1. The molecule has 3 heteroatoms. The normalized spacial score (nSPS) is 21.9. The molecule has 2 rings (SSSR count). The van der Waals surface area contributed by atoms with Gasteiger partial charge < -0.3 is 9.53 Å². The molecule has 2 atom stereocenters. The molecule has 0 N–H and O–H groups in total. The van der Waals surface area contributed by atoms with E-state index in [2.05, 4.69) is 59.7 Å². The van der Waals surface area contributed by atoms with Crippen LogP contribution in [0.1, 0.15) is 71.9 Å². The van der Waals surface area contributed by atoms with E-state index < -0.39 is 0 Å². The predicted molar refractivity (Wildman–Crippen MR) is 103 cm³/mol. The van der Waals surface area contributed by atoms with E-state index in [1.165, 1.54) is 22.4 Å². The molecule has 24 heavy (non-hydrogen) atoms. The Balaban J connectivity index is 2.16. The van der Waals surface area contributed by atoms with E-state index in [1.807, 2.05) is 11.8 Å². The number of ether oxygens (including phenoxy) is 1. The van der Waals surface area contributed by atoms with Gasteiger partial charge in [0.2, 0.25) is 0 Å². The van der Waals surface area contributed by atoms with Gasteiger partial charge in [-0.2, -0.15) is 0 Å². The third-order valence-electron chi connectivity index (χ3n) is 4.68. The molecule has 1 fully saturated rings. The van der Waals surface area contributed by atoms with Gasteiger partial charge in [0.25, 0.3) is 0 Å². The second-order valence-electron chi connectivity index (χ2n) is 8.92. The Hall–Kier alpha value is -0.800. The van der Waals surface area contributed by atoms with Crippen LogP contribution < -0.4 is 0 Å². The van der Waals surface area contributed by atoms with Crippen molar-refractivity contribution in [2.24, 2.45) is 0 Å². The molecule has 1 aliphatic rings. The van der Waals surface area contributed by atoms with Gasteiger partial charge in [-0.15, -0.1) is 11.8 Å². The average molecular weight is 349 g/mol. The summed E-state index contributed by atoms with van der Waals surface area (Å²) in [6.45, 7) is 13.9. The molecule has 1 aliphatic carbocycles. The van der Waals surface area contributed by atoms with Crippen LogP contribution in [-0.2, 0) is 20.4 Å². The second kappa shape index (κ2) is 7.61. The molecule has 0 radical (unpaired) electrons. The minimum Gasteiger partial charge on any atom is -0.371 e. The van der Waals surface area contributed by atoms with Gasteiger partial charge in [0.05, 0.1) is 6.10 Å². The number of rotatable bonds is 5. The molecule has 0 bridgehead atoms. The van der Waals surface area contributed by atoms with Crippen molar-refractivity contribution < 1.29 is 9.53 Å². The van der Waals surface area contributed by atoms with E-state index in [-0.39, 0.29) is 23.5 Å². The van der Waals surface area contributed by atoms with Crippen molar-refractivity contribution in [3.63, 3.8) is 0 Å². The molecule has 134 valence electrons. The highest BCUT2D eigenvalue weighted by Crippen LogP contribution is 2.39. The first-order valence-electron chi connectivity index (χ1n) is 8.97. The van der Waals surface area contributed by atoms with Crippen LogP contribution in [0.25, 0.3) is 0 Å². The number of hydrogen-bond donors (Lipinski definition) is 0. The summed E-state index contributed by atoms with van der Waals surface area (Å²) in [6.07, 6.45) is 4.38. The summed E-state index contributed by atoms with van der Waals surface area (Å²) in [7, 11) is 0. The molecular weight excluding hydrogens is 316 g/mol. The van der Waals surface area contributed by atoms with Gasteiger partial charge in [0, 0.05) is 10.1 Å². The maximum Gasteiger partial charge on any atom is 0.145 e. The van der Waals surface area contributed by atoms with Crippen LogP contribution in [0.15, 0.2) is 23.1 Å². The molecule has 0 saturated heterocycles. The van der Waals surface area contributed by atoms with Crippen molar-refractivity contribution >= 4 is 18.0 Å². The van der Waals surface area contributed by atoms with Crippen molar-refractivity contribution in [3.05, 3.63) is 29.3 Å². The lowest BCUT2D eigenvalue weighted by Crippen LogP contribution is -2.16. The molecule has 2 nitrogen and oxygen atoms in total. The van der Waals surface area contributed by atoms with Crippen molar-refractivity contribution in [2.45, 2.75) is 87.9 Å². The van der Waals surface area contributed by atoms with Crippen molar-refractivity contribution in [2.75, 3.05) is 6.61 Å². The molecule has 1 aromatic rings. The van der Waals surface area contributed by atoms with E-state index >= 15 is 0 Å². The summed E-state index contributed by atoms with van der Waals surface area (Å²) in [6, 6.07) is 7.09. The lowest BCUT2D eigenvalue weighted by molar-refractivity contribution is -0.113. The van der Waals surface area contributed by atoms with Crippen LogP contribution in [0.3, 0.4) is 0 Å². The molecule has 0 aromatic heterocycles. The van der Waals surface area contributed by atoms with Crippen LogP contribution in [0, 0.1) is 0 Å². The van der Waals surface area contributed by atoms with Gasteiger partial charge in [-0.1, -0.05) is 47.6 Å². The number of carbonyl (C=O) groups excluding carboxylic acids is 1. The highest BCUT2D eigenvalue weighted by atomic mass is 32.2. The van der Waals surface area contributed by atoms with Gasteiger partial charge in [0.1, 0.15) is 12.9 Å². The lowest BCUT2D eigenvalue weighted by Gasteiger charge is -2.26. The molecule has 2 unspecified atom stereocenters. The zero-order valence-electron chi connectivity index (χ0n) is 16.0. The van der Waals surface area contributed by atoms with E-state index in [9.17, 15) is 4.79 Å². The summed E-state index contributed by atoms with van der Waals surface area (Å²) in [5.74, 6) is 0. The number of carbonyl (C=O) groups is 1. The fourth-order valence-electron chi connectivity index (χ4n) is 3.06. The molecule has 0 heterocycles. The summed E-state index contributed by atoms with van der Waals surface area (Å²) < 4.78 is 5.59. The van der Waals surface area contributed by atoms with Gasteiger partial charge in [-0.3, -0.25) is 0 Å². The third-order valence-corrected chi connectivity index (χ3v) is 5.95.